The molecule has 0 atom stereocenters. The molecule has 0 bridgehead atoms. The van der Waals surface area contributed by atoms with Gasteiger partial charge in [0.05, 0.1) is 49.7 Å². The third-order valence-electron chi connectivity index (χ3n) is 12.7. The molecule has 5 heterocycles. The van der Waals surface area contributed by atoms with Crippen molar-refractivity contribution in [1.29, 1.82) is 0 Å². The summed E-state index contributed by atoms with van der Waals surface area (Å²) in [5.41, 5.74) is 12.9. The van der Waals surface area contributed by atoms with E-state index in [0.717, 1.165) is 72.2 Å². The molecular weight excluding hydrogens is 719 g/mol. The van der Waals surface area contributed by atoms with Crippen molar-refractivity contribution >= 4 is 104 Å². The first-order valence-corrected chi connectivity index (χ1v) is 20.2. The number of para-hydroxylation sites is 4. The maximum Gasteiger partial charge on any atom is 0.165 e. The Morgan fingerprint density at radius 3 is 1.85 bits per heavy atom. The first-order valence-electron chi connectivity index (χ1n) is 20.2. The SMILES string of the molecule is c1ccc(-c2nc3ccc4ccccc4c3nc2-n2c3cccc4c3c3c(cc5c(c6ccccc6n5-c5ccccc5)c32)c2cccc3c5ccccc5n4c23)cc1. The van der Waals surface area contributed by atoms with Crippen molar-refractivity contribution in [3.8, 4) is 22.8 Å². The minimum absolute atomic E-state index is 0.809. The van der Waals surface area contributed by atoms with Gasteiger partial charge in [-0.3, -0.25) is 4.57 Å². The number of nitrogens with zero attached hydrogens (tertiary/aromatic N) is 5. The third kappa shape index (κ3) is 3.98. The van der Waals surface area contributed by atoms with Crippen LogP contribution < -0.4 is 0 Å². The smallest absolute Gasteiger partial charge is 0.165 e. The van der Waals surface area contributed by atoms with E-state index >= 15 is 0 Å². The van der Waals surface area contributed by atoms with E-state index in [-0.39, 0.29) is 0 Å². The summed E-state index contributed by atoms with van der Waals surface area (Å²) in [6.07, 6.45) is 0. The van der Waals surface area contributed by atoms with E-state index in [2.05, 4.69) is 202 Å². The first-order chi connectivity index (χ1) is 29.3. The van der Waals surface area contributed by atoms with Gasteiger partial charge in [0, 0.05) is 54.3 Å². The zero-order valence-corrected chi connectivity index (χ0v) is 31.6. The molecule has 59 heavy (non-hydrogen) atoms. The average Bonchev–Trinajstić information content (AvgIpc) is 3.92. The van der Waals surface area contributed by atoms with Gasteiger partial charge in [-0.1, -0.05) is 140 Å². The monoisotopic (exact) mass is 749 g/mol. The van der Waals surface area contributed by atoms with Gasteiger partial charge in [-0.2, -0.15) is 0 Å². The molecule has 0 fully saturated rings. The molecule has 0 saturated carbocycles. The van der Waals surface area contributed by atoms with Gasteiger partial charge >= 0.3 is 0 Å². The fourth-order valence-electron chi connectivity index (χ4n) is 10.4. The molecule has 0 radical (unpaired) electrons. The number of benzene rings is 9. The van der Waals surface area contributed by atoms with Crippen LogP contribution in [0.5, 0.6) is 0 Å². The molecule has 0 unspecified atom stereocenters. The van der Waals surface area contributed by atoms with Crippen molar-refractivity contribution in [3.05, 3.63) is 188 Å². The van der Waals surface area contributed by atoms with Crippen LogP contribution in [0, 0.1) is 0 Å². The van der Waals surface area contributed by atoms with E-state index in [9.17, 15) is 0 Å². The lowest BCUT2D eigenvalue weighted by atomic mass is 10.0. The Morgan fingerprint density at radius 2 is 1.00 bits per heavy atom. The number of aromatic nitrogens is 5. The summed E-state index contributed by atoms with van der Waals surface area (Å²) in [4.78, 5) is 11.3. The Bertz CT molecular complexity index is 4060. The molecular formula is C54H31N5. The highest BCUT2D eigenvalue weighted by Crippen LogP contribution is 2.49. The van der Waals surface area contributed by atoms with Crippen molar-refractivity contribution < 1.29 is 0 Å². The highest BCUT2D eigenvalue weighted by molar-refractivity contribution is 6.38. The molecule has 0 saturated heterocycles. The highest BCUT2D eigenvalue weighted by Gasteiger charge is 2.28. The van der Waals surface area contributed by atoms with Crippen molar-refractivity contribution in [2.45, 2.75) is 0 Å². The Kier molecular flexibility index (Phi) is 5.96. The fourth-order valence-corrected chi connectivity index (χ4v) is 10.4. The predicted molar refractivity (Wildman–Crippen MR) is 246 cm³/mol. The van der Waals surface area contributed by atoms with Crippen LogP contribution in [0.3, 0.4) is 0 Å². The van der Waals surface area contributed by atoms with Gasteiger partial charge < -0.3 is 8.97 Å². The second-order valence-corrected chi connectivity index (χ2v) is 15.7. The van der Waals surface area contributed by atoms with Crippen molar-refractivity contribution in [3.63, 3.8) is 0 Å². The van der Waals surface area contributed by atoms with Crippen molar-refractivity contribution in [1.82, 2.24) is 23.5 Å². The van der Waals surface area contributed by atoms with Crippen LogP contribution in [0.1, 0.15) is 0 Å². The zero-order chi connectivity index (χ0) is 38.3. The highest BCUT2D eigenvalue weighted by atomic mass is 15.1. The van der Waals surface area contributed by atoms with Crippen LogP contribution in [0.15, 0.2) is 188 Å². The summed E-state index contributed by atoms with van der Waals surface area (Å²) in [6, 6.07) is 68.0. The Hall–Kier alpha value is -8.02. The molecule has 0 spiro atoms. The van der Waals surface area contributed by atoms with Gasteiger partial charge in [-0.25, -0.2) is 9.97 Å². The summed E-state index contributed by atoms with van der Waals surface area (Å²) in [7, 11) is 0. The Labute approximate surface area is 336 Å². The average molecular weight is 750 g/mol. The van der Waals surface area contributed by atoms with Gasteiger partial charge in [0.25, 0.3) is 0 Å². The quantitative estimate of drug-likeness (QED) is 0.169. The summed E-state index contributed by atoms with van der Waals surface area (Å²) in [6.45, 7) is 0. The summed E-state index contributed by atoms with van der Waals surface area (Å²) in [5.74, 6) is 0.809. The van der Waals surface area contributed by atoms with Gasteiger partial charge in [0.2, 0.25) is 0 Å². The summed E-state index contributed by atoms with van der Waals surface area (Å²) < 4.78 is 7.41. The van der Waals surface area contributed by atoms with E-state index in [0.29, 0.717) is 0 Å². The van der Waals surface area contributed by atoms with E-state index in [1.165, 1.54) is 54.1 Å². The lowest BCUT2D eigenvalue weighted by molar-refractivity contribution is 1.09. The molecule has 5 nitrogen and oxygen atoms in total. The van der Waals surface area contributed by atoms with Gasteiger partial charge in [-0.15, -0.1) is 0 Å². The summed E-state index contributed by atoms with van der Waals surface area (Å²) in [5, 5.41) is 11.9. The normalized spacial score (nSPS) is 12.4. The lowest BCUT2D eigenvalue weighted by Gasteiger charge is -2.16. The minimum Gasteiger partial charge on any atom is -0.309 e. The molecule has 0 N–H and O–H groups in total. The van der Waals surface area contributed by atoms with Gasteiger partial charge in [-0.05, 0) is 59.3 Å². The van der Waals surface area contributed by atoms with Crippen LogP contribution >= 0.6 is 0 Å². The molecule has 0 aliphatic carbocycles. The van der Waals surface area contributed by atoms with Crippen molar-refractivity contribution in [2.24, 2.45) is 0 Å². The van der Waals surface area contributed by atoms with Crippen molar-refractivity contribution in [2.75, 3.05) is 0 Å². The molecule has 272 valence electrons. The second-order valence-electron chi connectivity index (χ2n) is 15.7. The lowest BCUT2D eigenvalue weighted by Crippen LogP contribution is -2.04. The molecule has 5 aromatic heterocycles. The van der Waals surface area contributed by atoms with E-state index in [1.807, 2.05) is 0 Å². The molecule has 14 aromatic rings. The predicted octanol–water partition coefficient (Wildman–Crippen LogP) is 13.8. The van der Waals surface area contributed by atoms with Crippen LogP contribution in [-0.4, -0.2) is 23.5 Å². The Balaban J connectivity index is 1.32. The largest absolute Gasteiger partial charge is 0.309 e. The first kappa shape index (κ1) is 31.1. The number of hydrogen-bond donors (Lipinski definition) is 0. The molecule has 0 aliphatic rings. The van der Waals surface area contributed by atoms with Crippen LogP contribution in [0.2, 0.25) is 0 Å². The van der Waals surface area contributed by atoms with E-state index < -0.39 is 0 Å². The molecule has 9 aromatic carbocycles. The van der Waals surface area contributed by atoms with Gasteiger partial charge in [0.15, 0.2) is 5.82 Å². The standard InChI is InChI=1S/C54H31N5/c1-3-16-33(17-4-1)50-54(56-51-35-20-8-7-15-32(35)29-30-41(51)55-50)59-45-28-14-27-44-49(45)48-40(38-24-13-23-37-36-21-9-11-25-42(36)58(44)52(37)38)31-46-47(53(48)59)39-22-10-12-26-43(39)57(46)34-18-5-2-6-19-34/h1-31H. The Morgan fingerprint density at radius 1 is 0.356 bits per heavy atom. The maximum absolute atomic E-state index is 5.79. The number of rotatable bonds is 3. The maximum atomic E-state index is 5.79. The molecule has 14 rings (SSSR count). The molecule has 5 heteroatoms. The number of fused-ring (bicyclic) bond motifs is 12. The topological polar surface area (TPSA) is 40.0 Å². The van der Waals surface area contributed by atoms with E-state index in [4.69, 9.17) is 9.97 Å². The third-order valence-corrected chi connectivity index (χ3v) is 12.7. The van der Waals surface area contributed by atoms with E-state index in [1.54, 1.807) is 0 Å². The van der Waals surface area contributed by atoms with Crippen LogP contribution in [0.4, 0.5) is 0 Å². The zero-order valence-electron chi connectivity index (χ0n) is 31.6. The fraction of sp³-hybridized carbons (Fsp3) is 0. The summed E-state index contributed by atoms with van der Waals surface area (Å²) >= 11 is 0. The van der Waals surface area contributed by atoms with Gasteiger partial charge in [0.1, 0.15) is 5.69 Å². The van der Waals surface area contributed by atoms with Crippen LogP contribution in [-0.2, 0) is 0 Å². The second kappa shape index (κ2) is 11.3. The minimum atomic E-state index is 0.809. The molecule has 0 aliphatic heterocycles. The number of hydrogen-bond acceptors (Lipinski definition) is 2. The van der Waals surface area contributed by atoms with Crippen LogP contribution in [0.25, 0.3) is 126 Å². The molecule has 0 amide bonds.